The zero-order valence-electron chi connectivity index (χ0n) is 18.7. The number of hydrogen-bond donors (Lipinski definition) is 1. The van der Waals surface area contributed by atoms with Crippen LogP contribution in [0.2, 0.25) is 0 Å². The van der Waals surface area contributed by atoms with Gasteiger partial charge in [0.25, 0.3) is 0 Å². The minimum Gasteiger partial charge on any atom is -0.387 e. The summed E-state index contributed by atoms with van der Waals surface area (Å²) in [6, 6.07) is 10.7. The largest absolute Gasteiger partial charge is 0.387 e. The molecule has 4 rings (SSSR count). The quantitative estimate of drug-likeness (QED) is 0.681. The summed E-state index contributed by atoms with van der Waals surface area (Å²) < 4.78 is 0. The molecule has 31 heavy (non-hydrogen) atoms. The van der Waals surface area contributed by atoms with Crippen LogP contribution in [0, 0.1) is 13.8 Å². The lowest BCUT2D eigenvalue weighted by atomic mass is 10.0. The Balaban J connectivity index is 1.48. The highest BCUT2D eigenvalue weighted by Gasteiger charge is 2.27. The van der Waals surface area contributed by atoms with Crippen LogP contribution >= 0.6 is 0 Å². The third-order valence-electron chi connectivity index (χ3n) is 6.12. The minimum absolute atomic E-state index is 0.256. The summed E-state index contributed by atoms with van der Waals surface area (Å²) in [5.41, 5.74) is 5.28. The van der Waals surface area contributed by atoms with Crippen molar-refractivity contribution in [2.24, 2.45) is 0 Å². The molecule has 0 saturated carbocycles. The van der Waals surface area contributed by atoms with Crippen molar-refractivity contribution in [1.29, 1.82) is 0 Å². The van der Waals surface area contributed by atoms with Gasteiger partial charge in [-0.05, 0) is 44.4 Å². The second-order valence-electron chi connectivity index (χ2n) is 8.35. The van der Waals surface area contributed by atoms with Crippen LogP contribution in [-0.4, -0.2) is 50.9 Å². The van der Waals surface area contributed by atoms with E-state index in [1.807, 2.05) is 6.07 Å². The molecule has 0 bridgehead atoms. The van der Waals surface area contributed by atoms with Gasteiger partial charge in [-0.3, -0.25) is 4.98 Å². The van der Waals surface area contributed by atoms with Gasteiger partial charge < -0.3 is 14.9 Å². The molecule has 1 fully saturated rings. The van der Waals surface area contributed by atoms with Gasteiger partial charge in [0.05, 0.1) is 29.9 Å². The van der Waals surface area contributed by atoms with Gasteiger partial charge in [-0.25, -0.2) is 4.98 Å². The van der Waals surface area contributed by atoms with Crippen LogP contribution in [0.5, 0.6) is 0 Å². The van der Waals surface area contributed by atoms with Crippen LogP contribution in [0.1, 0.15) is 48.0 Å². The first-order chi connectivity index (χ1) is 14.9. The van der Waals surface area contributed by atoms with E-state index in [-0.39, 0.29) is 6.04 Å². The predicted octanol–water partition coefficient (Wildman–Crippen LogP) is 3.24. The molecule has 1 aromatic carbocycles. The molecule has 1 aliphatic heterocycles. The number of nitrogens with zero attached hydrogens (tertiary/aromatic N) is 6. The third-order valence-corrected chi connectivity index (χ3v) is 6.12. The highest BCUT2D eigenvalue weighted by molar-refractivity contribution is 5.53. The average Bonchev–Trinajstić information content (AvgIpc) is 2.78. The first-order valence-corrected chi connectivity index (χ1v) is 10.8. The van der Waals surface area contributed by atoms with Crippen molar-refractivity contribution in [2.75, 3.05) is 29.4 Å². The van der Waals surface area contributed by atoms with Crippen molar-refractivity contribution in [1.82, 2.24) is 20.2 Å². The van der Waals surface area contributed by atoms with E-state index in [2.05, 4.69) is 75.0 Å². The molecule has 0 unspecified atom stereocenters. The Kier molecular flexibility index (Phi) is 6.13. The molecular weight excluding hydrogens is 388 g/mol. The second kappa shape index (κ2) is 8.98. The maximum atomic E-state index is 9.65. The number of aliphatic hydroxyl groups is 1. The van der Waals surface area contributed by atoms with Crippen molar-refractivity contribution in [2.45, 2.75) is 46.3 Å². The molecule has 7 nitrogen and oxygen atoms in total. The highest BCUT2D eigenvalue weighted by atomic mass is 16.3. The van der Waals surface area contributed by atoms with Crippen molar-refractivity contribution in [3.63, 3.8) is 0 Å². The minimum atomic E-state index is -0.606. The third kappa shape index (κ3) is 4.51. The van der Waals surface area contributed by atoms with E-state index in [1.165, 1.54) is 16.7 Å². The maximum absolute atomic E-state index is 9.65. The predicted molar refractivity (Wildman–Crippen MR) is 122 cm³/mol. The Morgan fingerprint density at radius 2 is 1.81 bits per heavy atom. The van der Waals surface area contributed by atoms with Crippen LogP contribution in [0.4, 0.5) is 11.6 Å². The van der Waals surface area contributed by atoms with Crippen LogP contribution in [0.3, 0.4) is 0 Å². The van der Waals surface area contributed by atoms with Gasteiger partial charge in [0.2, 0.25) is 0 Å². The maximum Gasteiger partial charge on any atom is 0.154 e. The number of piperazine rings is 1. The Morgan fingerprint density at radius 3 is 2.45 bits per heavy atom. The van der Waals surface area contributed by atoms with Gasteiger partial charge in [0, 0.05) is 32.1 Å². The summed E-state index contributed by atoms with van der Waals surface area (Å²) in [5.74, 6) is 1.81. The normalized spacial score (nSPS) is 17.6. The van der Waals surface area contributed by atoms with Crippen LogP contribution in [0.15, 0.2) is 42.7 Å². The summed E-state index contributed by atoms with van der Waals surface area (Å²) >= 11 is 0. The molecule has 1 N–H and O–H groups in total. The van der Waals surface area contributed by atoms with Crippen molar-refractivity contribution in [3.05, 3.63) is 70.8 Å². The van der Waals surface area contributed by atoms with Crippen LogP contribution in [-0.2, 0) is 6.42 Å². The molecule has 3 aromatic rings. The van der Waals surface area contributed by atoms with Gasteiger partial charge >= 0.3 is 0 Å². The van der Waals surface area contributed by atoms with E-state index >= 15 is 0 Å². The topological polar surface area (TPSA) is 78.3 Å². The molecule has 7 heteroatoms. The number of rotatable bonds is 5. The van der Waals surface area contributed by atoms with E-state index in [0.29, 0.717) is 5.69 Å². The molecule has 162 valence electrons. The standard InChI is InChI=1S/C24H30N6O/c1-16-15-29(10-11-30(16)23-14-25-22(13-26-23)19(4)31)24-18(3)17(2)21(27-28-24)12-20-8-6-5-7-9-20/h5-9,13-14,16,19,31H,10-12,15H2,1-4H3/t16-,19-/m1/s1. The van der Waals surface area contributed by atoms with E-state index in [0.717, 1.165) is 43.4 Å². The number of anilines is 2. The lowest BCUT2D eigenvalue weighted by Gasteiger charge is -2.41. The molecule has 3 heterocycles. The van der Waals surface area contributed by atoms with Crippen LogP contribution in [0.25, 0.3) is 0 Å². The van der Waals surface area contributed by atoms with Crippen molar-refractivity contribution < 1.29 is 5.11 Å². The van der Waals surface area contributed by atoms with E-state index < -0.39 is 6.10 Å². The summed E-state index contributed by atoms with van der Waals surface area (Å²) in [7, 11) is 0. The lowest BCUT2D eigenvalue weighted by Crippen LogP contribution is -2.53. The summed E-state index contributed by atoms with van der Waals surface area (Å²) in [6.45, 7) is 10.7. The Labute approximate surface area is 183 Å². The lowest BCUT2D eigenvalue weighted by molar-refractivity contribution is 0.194. The molecule has 1 aliphatic rings. The van der Waals surface area contributed by atoms with Gasteiger partial charge in [-0.1, -0.05) is 30.3 Å². The van der Waals surface area contributed by atoms with Gasteiger partial charge in [0.15, 0.2) is 5.82 Å². The number of aromatic nitrogens is 4. The zero-order valence-corrected chi connectivity index (χ0v) is 18.7. The fourth-order valence-electron chi connectivity index (χ4n) is 4.09. The molecule has 0 aliphatic carbocycles. The average molecular weight is 419 g/mol. The molecule has 0 radical (unpaired) electrons. The van der Waals surface area contributed by atoms with E-state index in [4.69, 9.17) is 0 Å². The Morgan fingerprint density at radius 1 is 1.03 bits per heavy atom. The van der Waals surface area contributed by atoms with Crippen molar-refractivity contribution in [3.8, 4) is 0 Å². The first kappa shape index (κ1) is 21.2. The van der Waals surface area contributed by atoms with Gasteiger partial charge in [0.1, 0.15) is 5.82 Å². The van der Waals surface area contributed by atoms with Gasteiger partial charge in [-0.15, -0.1) is 5.10 Å². The highest BCUT2D eigenvalue weighted by Crippen LogP contribution is 2.26. The van der Waals surface area contributed by atoms with E-state index in [1.54, 1.807) is 19.3 Å². The SMILES string of the molecule is Cc1c(Cc2ccccc2)nnc(N2CCN(c3cnc([C@@H](C)O)cn3)[C@H](C)C2)c1C. The fraction of sp³-hybridized carbons (Fsp3) is 0.417. The van der Waals surface area contributed by atoms with Crippen molar-refractivity contribution >= 4 is 11.6 Å². The fourth-order valence-corrected chi connectivity index (χ4v) is 4.09. The molecule has 2 aromatic heterocycles. The summed E-state index contributed by atoms with van der Waals surface area (Å²) in [5, 5.41) is 18.9. The zero-order chi connectivity index (χ0) is 22.0. The number of benzene rings is 1. The monoisotopic (exact) mass is 418 g/mol. The molecule has 1 saturated heterocycles. The molecular formula is C24H30N6O. The second-order valence-corrected chi connectivity index (χ2v) is 8.35. The molecule has 2 atom stereocenters. The van der Waals surface area contributed by atoms with Gasteiger partial charge in [-0.2, -0.15) is 5.10 Å². The smallest absolute Gasteiger partial charge is 0.154 e. The molecule has 0 spiro atoms. The summed E-state index contributed by atoms with van der Waals surface area (Å²) in [6.07, 6.45) is 3.60. The Hall–Kier alpha value is -3.06. The van der Waals surface area contributed by atoms with E-state index in [9.17, 15) is 5.11 Å². The number of aliphatic hydroxyl groups excluding tert-OH is 1. The Bertz CT molecular complexity index is 1020. The molecule has 0 amide bonds. The van der Waals surface area contributed by atoms with Crippen LogP contribution < -0.4 is 9.80 Å². The first-order valence-electron chi connectivity index (χ1n) is 10.8. The summed E-state index contributed by atoms with van der Waals surface area (Å²) in [4.78, 5) is 13.4. The number of hydrogen-bond acceptors (Lipinski definition) is 7.